The molecule has 2 fully saturated rings. The molecule has 2 N–H and O–H groups in total. The van der Waals surface area contributed by atoms with Gasteiger partial charge in [0.05, 0.1) is 39.6 Å². The highest BCUT2D eigenvalue weighted by Crippen LogP contribution is 2.23. The lowest BCUT2D eigenvalue weighted by Gasteiger charge is -2.35. The molecular formula is C23H38N4O4. The van der Waals surface area contributed by atoms with Crippen LogP contribution < -0.4 is 15.4 Å². The van der Waals surface area contributed by atoms with E-state index in [4.69, 9.17) is 18.9 Å². The summed E-state index contributed by atoms with van der Waals surface area (Å²) >= 11 is 0. The number of morpholine rings is 1. The first-order chi connectivity index (χ1) is 15.3. The minimum atomic E-state index is 0.241. The number of nitrogens with zero attached hydrogens (tertiary/aromatic N) is 2. The number of hydrogen-bond donors (Lipinski definition) is 2. The lowest BCUT2D eigenvalue weighted by atomic mass is 10.0. The summed E-state index contributed by atoms with van der Waals surface area (Å²) in [5, 5.41) is 6.89. The van der Waals surface area contributed by atoms with Crippen molar-refractivity contribution < 1.29 is 18.9 Å². The summed E-state index contributed by atoms with van der Waals surface area (Å²) in [5.41, 5.74) is 1.26. The summed E-state index contributed by atoms with van der Waals surface area (Å²) < 4.78 is 22.0. The molecular weight excluding hydrogens is 396 g/mol. The van der Waals surface area contributed by atoms with Crippen LogP contribution in [-0.4, -0.2) is 90.8 Å². The van der Waals surface area contributed by atoms with E-state index in [0.717, 1.165) is 90.4 Å². The van der Waals surface area contributed by atoms with Crippen LogP contribution in [0.4, 0.5) is 0 Å². The Morgan fingerprint density at radius 1 is 1.16 bits per heavy atom. The van der Waals surface area contributed by atoms with Crippen LogP contribution in [0, 0.1) is 5.92 Å². The smallest absolute Gasteiger partial charge is 0.191 e. The molecule has 1 aromatic rings. The summed E-state index contributed by atoms with van der Waals surface area (Å²) in [6, 6.07) is 8.57. The Morgan fingerprint density at radius 2 is 1.97 bits per heavy atom. The molecule has 0 amide bonds. The average Bonchev–Trinajstić information content (AvgIpc) is 3.34. The zero-order chi connectivity index (χ0) is 21.7. The fourth-order valence-corrected chi connectivity index (χ4v) is 3.93. The fraction of sp³-hybridized carbons (Fsp3) is 0.696. The largest absolute Gasteiger partial charge is 0.497 e. The monoisotopic (exact) mass is 434 g/mol. The maximum absolute atomic E-state index is 5.78. The summed E-state index contributed by atoms with van der Waals surface area (Å²) in [6.45, 7) is 8.25. The van der Waals surface area contributed by atoms with Gasteiger partial charge >= 0.3 is 0 Å². The predicted octanol–water partition coefficient (Wildman–Crippen LogP) is 1.68. The molecule has 2 aliphatic rings. The van der Waals surface area contributed by atoms with Gasteiger partial charge in [-0.15, -0.1) is 0 Å². The van der Waals surface area contributed by atoms with Gasteiger partial charge in [-0.05, 0) is 30.5 Å². The maximum Gasteiger partial charge on any atom is 0.191 e. The molecule has 8 heteroatoms. The van der Waals surface area contributed by atoms with Gasteiger partial charge in [-0.2, -0.15) is 0 Å². The van der Waals surface area contributed by atoms with E-state index in [1.165, 1.54) is 5.56 Å². The third-order valence-corrected chi connectivity index (χ3v) is 5.81. The minimum Gasteiger partial charge on any atom is -0.497 e. The molecule has 2 heterocycles. The van der Waals surface area contributed by atoms with Gasteiger partial charge in [0, 0.05) is 52.4 Å². The molecule has 0 aromatic heterocycles. The Bertz CT molecular complexity index is 643. The molecule has 0 spiro atoms. The van der Waals surface area contributed by atoms with Crippen LogP contribution in [0.1, 0.15) is 24.4 Å². The molecule has 3 rings (SSSR count). The van der Waals surface area contributed by atoms with Crippen molar-refractivity contribution in [2.75, 3.05) is 80.0 Å². The Labute approximate surface area is 186 Å². The second-order valence-corrected chi connectivity index (χ2v) is 7.98. The Hall–Kier alpha value is -1.87. The highest BCUT2D eigenvalue weighted by Gasteiger charge is 2.23. The second kappa shape index (κ2) is 13.5. The highest BCUT2D eigenvalue weighted by molar-refractivity contribution is 5.79. The topological polar surface area (TPSA) is 76.6 Å². The van der Waals surface area contributed by atoms with Crippen LogP contribution in [-0.2, 0) is 14.2 Å². The van der Waals surface area contributed by atoms with E-state index in [1.807, 2.05) is 19.2 Å². The number of benzene rings is 1. The fourth-order valence-electron chi connectivity index (χ4n) is 3.93. The number of methoxy groups -OCH3 is 1. The maximum atomic E-state index is 5.78. The number of ether oxygens (including phenoxy) is 4. The molecule has 2 atom stereocenters. The van der Waals surface area contributed by atoms with Gasteiger partial charge in [0.2, 0.25) is 0 Å². The first-order valence-corrected chi connectivity index (χ1v) is 11.4. The van der Waals surface area contributed by atoms with Gasteiger partial charge in [-0.1, -0.05) is 12.1 Å². The van der Waals surface area contributed by atoms with Gasteiger partial charge < -0.3 is 29.6 Å². The van der Waals surface area contributed by atoms with Crippen molar-refractivity contribution in [2.45, 2.75) is 18.9 Å². The average molecular weight is 435 g/mol. The standard InChI is InChI=1S/C23H38N4O4/c1-24-23(25-9-3-12-30-17-19-8-13-31-18-19)26-16-22(27-10-14-29-15-11-27)20-4-6-21(28-2)7-5-20/h4-7,19,22H,3,8-18H2,1-2H3,(H2,24,25,26). The van der Waals surface area contributed by atoms with E-state index in [0.29, 0.717) is 5.92 Å². The molecule has 174 valence electrons. The summed E-state index contributed by atoms with van der Waals surface area (Å²) in [5.74, 6) is 2.26. The summed E-state index contributed by atoms with van der Waals surface area (Å²) in [6.07, 6.45) is 2.06. The van der Waals surface area contributed by atoms with Gasteiger partial charge in [0.1, 0.15) is 5.75 Å². The third kappa shape index (κ3) is 7.96. The van der Waals surface area contributed by atoms with Crippen LogP contribution in [0.5, 0.6) is 5.75 Å². The number of guanidine groups is 1. The van der Waals surface area contributed by atoms with Gasteiger partial charge in [-0.25, -0.2) is 0 Å². The van der Waals surface area contributed by atoms with Crippen LogP contribution in [0.3, 0.4) is 0 Å². The van der Waals surface area contributed by atoms with Crippen molar-refractivity contribution in [3.8, 4) is 5.75 Å². The van der Waals surface area contributed by atoms with Crippen LogP contribution in [0.2, 0.25) is 0 Å². The third-order valence-electron chi connectivity index (χ3n) is 5.81. The zero-order valence-electron chi connectivity index (χ0n) is 19.0. The molecule has 0 saturated carbocycles. The Kier molecular flexibility index (Phi) is 10.4. The lowest BCUT2D eigenvalue weighted by Crippen LogP contribution is -2.46. The van der Waals surface area contributed by atoms with Crippen molar-refractivity contribution in [1.29, 1.82) is 0 Å². The molecule has 2 aliphatic heterocycles. The van der Waals surface area contributed by atoms with Crippen molar-refractivity contribution in [1.82, 2.24) is 15.5 Å². The van der Waals surface area contributed by atoms with E-state index in [-0.39, 0.29) is 6.04 Å². The first kappa shape index (κ1) is 23.8. The molecule has 0 radical (unpaired) electrons. The molecule has 31 heavy (non-hydrogen) atoms. The Morgan fingerprint density at radius 3 is 2.65 bits per heavy atom. The molecule has 8 nitrogen and oxygen atoms in total. The number of aliphatic imine (C=N–C) groups is 1. The van der Waals surface area contributed by atoms with E-state index in [2.05, 4.69) is 32.7 Å². The molecule has 2 unspecified atom stereocenters. The van der Waals surface area contributed by atoms with Crippen molar-refractivity contribution in [3.63, 3.8) is 0 Å². The second-order valence-electron chi connectivity index (χ2n) is 7.98. The van der Waals surface area contributed by atoms with E-state index in [9.17, 15) is 0 Å². The summed E-state index contributed by atoms with van der Waals surface area (Å²) in [7, 11) is 3.50. The predicted molar refractivity (Wildman–Crippen MR) is 122 cm³/mol. The highest BCUT2D eigenvalue weighted by atomic mass is 16.5. The number of nitrogens with one attached hydrogen (secondary N) is 2. The number of rotatable bonds is 11. The SMILES string of the molecule is CN=C(NCCCOCC1CCOC1)NCC(c1ccc(OC)cc1)N1CCOCC1. The van der Waals surface area contributed by atoms with Gasteiger partial charge in [0.25, 0.3) is 0 Å². The quantitative estimate of drug-likeness (QED) is 0.312. The number of hydrogen-bond acceptors (Lipinski definition) is 6. The van der Waals surface area contributed by atoms with Crippen LogP contribution in [0.25, 0.3) is 0 Å². The lowest BCUT2D eigenvalue weighted by molar-refractivity contribution is 0.0170. The first-order valence-electron chi connectivity index (χ1n) is 11.4. The summed E-state index contributed by atoms with van der Waals surface area (Å²) in [4.78, 5) is 6.85. The van der Waals surface area contributed by atoms with Crippen LogP contribution in [0.15, 0.2) is 29.3 Å². The van der Waals surface area contributed by atoms with Crippen molar-refractivity contribution in [2.24, 2.45) is 10.9 Å². The Balaban J connectivity index is 1.43. The van der Waals surface area contributed by atoms with Crippen LogP contribution >= 0.6 is 0 Å². The zero-order valence-corrected chi connectivity index (χ0v) is 19.0. The van der Waals surface area contributed by atoms with Crippen molar-refractivity contribution >= 4 is 5.96 Å². The van der Waals surface area contributed by atoms with Gasteiger partial charge in [-0.3, -0.25) is 9.89 Å². The molecule has 2 saturated heterocycles. The van der Waals surface area contributed by atoms with E-state index >= 15 is 0 Å². The minimum absolute atomic E-state index is 0.241. The van der Waals surface area contributed by atoms with Gasteiger partial charge in [0.15, 0.2) is 5.96 Å². The molecule has 0 bridgehead atoms. The van der Waals surface area contributed by atoms with Crippen molar-refractivity contribution in [3.05, 3.63) is 29.8 Å². The van der Waals surface area contributed by atoms with E-state index < -0.39 is 0 Å². The normalized spacial score (nSPS) is 21.1. The molecule has 1 aromatic carbocycles. The molecule has 0 aliphatic carbocycles. The van der Waals surface area contributed by atoms with E-state index in [1.54, 1.807) is 7.11 Å².